The molecule has 1 unspecified atom stereocenters. The first-order chi connectivity index (χ1) is 9.52. The molecule has 20 heavy (non-hydrogen) atoms. The summed E-state index contributed by atoms with van der Waals surface area (Å²) in [6.07, 6.45) is 0.886. The van der Waals surface area contributed by atoms with Crippen molar-refractivity contribution < 1.29 is 9.59 Å². The summed E-state index contributed by atoms with van der Waals surface area (Å²) in [5, 5.41) is 3.33. The molecule has 1 aliphatic heterocycles. The van der Waals surface area contributed by atoms with Crippen molar-refractivity contribution in [2.45, 2.75) is 39.7 Å². The van der Waals surface area contributed by atoms with Gasteiger partial charge in [-0.1, -0.05) is 26.0 Å². The molecule has 1 aliphatic rings. The van der Waals surface area contributed by atoms with Crippen LogP contribution in [0.5, 0.6) is 0 Å². The molecule has 1 aromatic carbocycles. The first kappa shape index (κ1) is 14.7. The van der Waals surface area contributed by atoms with Gasteiger partial charge in [-0.3, -0.25) is 14.5 Å². The number of nitrogens with one attached hydrogen (secondary N) is 1. The van der Waals surface area contributed by atoms with E-state index in [4.69, 9.17) is 0 Å². The Hall–Kier alpha value is -1.68. The summed E-state index contributed by atoms with van der Waals surface area (Å²) in [5.41, 5.74) is 1.78. The van der Waals surface area contributed by atoms with E-state index >= 15 is 0 Å². The minimum Gasteiger partial charge on any atom is -0.310 e. The molecule has 1 atom stereocenters. The lowest BCUT2D eigenvalue weighted by atomic mass is 9.97. The van der Waals surface area contributed by atoms with Crippen molar-refractivity contribution in [3.05, 3.63) is 29.8 Å². The minimum absolute atomic E-state index is 0.0954. The van der Waals surface area contributed by atoms with Crippen LogP contribution in [-0.2, 0) is 9.59 Å². The Morgan fingerprint density at radius 1 is 1.30 bits per heavy atom. The van der Waals surface area contributed by atoms with Gasteiger partial charge < -0.3 is 5.32 Å². The molecule has 4 nitrogen and oxygen atoms in total. The Balaban J connectivity index is 2.26. The summed E-state index contributed by atoms with van der Waals surface area (Å²) in [5.74, 6) is -0.0425. The van der Waals surface area contributed by atoms with E-state index in [0.29, 0.717) is 18.5 Å². The second-order valence-corrected chi connectivity index (χ2v) is 5.51. The minimum atomic E-state index is -0.0954. The average molecular weight is 274 g/mol. The van der Waals surface area contributed by atoms with Gasteiger partial charge in [-0.2, -0.15) is 0 Å². The van der Waals surface area contributed by atoms with E-state index < -0.39 is 0 Å². The highest BCUT2D eigenvalue weighted by Crippen LogP contribution is 2.27. The Labute approximate surface area is 120 Å². The monoisotopic (exact) mass is 274 g/mol. The lowest BCUT2D eigenvalue weighted by molar-refractivity contribution is -0.130. The maximum Gasteiger partial charge on any atom is 0.234 e. The fraction of sp³-hybridized carbons (Fsp3) is 0.500. The van der Waals surface area contributed by atoms with E-state index in [1.54, 1.807) is 0 Å². The molecule has 2 amide bonds. The van der Waals surface area contributed by atoms with Crippen LogP contribution in [0.15, 0.2) is 24.3 Å². The Kier molecular flexibility index (Phi) is 4.55. The van der Waals surface area contributed by atoms with Gasteiger partial charge in [-0.25, -0.2) is 0 Å². The summed E-state index contributed by atoms with van der Waals surface area (Å²) >= 11 is 0. The van der Waals surface area contributed by atoms with Crippen molar-refractivity contribution in [2.75, 3.05) is 11.4 Å². The zero-order valence-corrected chi connectivity index (χ0v) is 12.3. The van der Waals surface area contributed by atoms with E-state index in [-0.39, 0.29) is 23.8 Å². The van der Waals surface area contributed by atoms with Crippen molar-refractivity contribution in [3.63, 3.8) is 0 Å². The largest absolute Gasteiger partial charge is 0.310 e. The van der Waals surface area contributed by atoms with E-state index in [0.717, 1.165) is 12.1 Å². The summed E-state index contributed by atoms with van der Waals surface area (Å²) in [7, 11) is 0. The van der Waals surface area contributed by atoms with Crippen molar-refractivity contribution in [1.29, 1.82) is 0 Å². The van der Waals surface area contributed by atoms with Gasteiger partial charge in [-0.05, 0) is 37.1 Å². The number of rotatable bonds is 4. The van der Waals surface area contributed by atoms with E-state index in [2.05, 4.69) is 19.2 Å². The molecule has 0 bridgehead atoms. The fourth-order valence-corrected chi connectivity index (χ4v) is 2.64. The number of hydrogen-bond acceptors (Lipinski definition) is 3. The van der Waals surface area contributed by atoms with Crippen LogP contribution in [0.2, 0.25) is 0 Å². The average Bonchev–Trinajstić information content (AvgIpc) is 2.38. The standard InChI is InChI=1S/C16H22N2O2/c1-4-17-12(3)13-6-5-7-14(10-13)18-15(19)8-11(2)9-16(18)20/h5-7,10-12,17H,4,8-9H2,1-3H3. The number of hydrogen-bond donors (Lipinski definition) is 1. The Bertz CT molecular complexity index is 495. The van der Waals surface area contributed by atoms with Gasteiger partial charge in [0, 0.05) is 18.9 Å². The molecule has 0 aliphatic carbocycles. The van der Waals surface area contributed by atoms with Gasteiger partial charge in [0.15, 0.2) is 0 Å². The molecule has 108 valence electrons. The summed E-state index contributed by atoms with van der Waals surface area (Å²) in [6.45, 7) is 6.95. The summed E-state index contributed by atoms with van der Waals surface area (Å²) < 4.78 is 0. The Morgan fingerprint density at radius 3 is 2.55 bits per heavy atom. The molecular formula is C16H22N2O2. The van der Waals surface area contributed by atoms with Gasteiger partial charge >= 0.3 is 0 Å². The topological polar surface area (TPSA) is 49.4 Å². The fourth-order valence-electron chi connectivity index (χ4n) is 2.64. The lowest BCUT2D eigenvalue weighted by Crippen LogP contribution is -2.42. The molecule has 0 aromatic heterocycles. The first-order valence-corrected chi connectivity index (χ1v) is 7.22. The van der Waals surface area contributed by atoms with Gasteiger partial charge in [0.1, 0.15) is 0 Å². The maximum atomic E-state index is 12.1. The van der Waals surface area contributed by atoms with Crippen LogP contribution < -0.4 is 10.2 Å². The molecular weight excluding hydrogens is 252 g/mol. The smallest absolute Gasteiger partial charge is 0.234 e. The van der Waals surface area contributed by atoms with Crippen LogP contribution in [-0.4, -0.2) is 18.4 Å². The third-order valence-electron chi connectivity index (χ3n) is 3.68. The SMILES string of the molecule is CCNC(C)c1cccc(N2C(=O)CC(C)CC2=O)c1. The number of carbonyl (C=O) groups is 2. The lowest BCUT2D eigenvalue weighted by Gasteiger charge is -2.29. The quantitative estimate of drug-likeness (QED) is 0.859. The number of imide groups is 1. The predicted octanol–water partition coefficient (Wildman–Crippen LogP) is 2.65. The number of benzene rings is 1. The van der Waals surface area contributed by atoms with E-state index in [9.17, 15) is 9.59 Å². The second-order valence-electron chi connectivity index (χ2n) is 5.51. The van der Waals surface area contributed by atoms with Crippen LogP contribution in [0.3, 0.4) is 0 Å². The molecule has 0 radical (unpaired) electrons. The molecule has 1 fully saturated rings. The van der Waals surface area contributed by atoms with Gasteiger partial charge in [0.05, 0.1) is 5.69 Å². The van der Waals surface area contributed by atoms with Crippen LogP contribution in [0.1, 0.15) is 45.2 Å². The third-order valence-corrected chi connectivity index (χ3v) is 3.68. The summed E-state index contributed by atoms with van der Waals surface area (Å²) in [4.78, 5) is 25.6. The molecule has 1 N–H and O–H groups in total. The highest BCUT2D eigenvalue weighted by atomic mass is 16.2. The summed E-state index contributed by atoms with van der Waals surface area (Å²) in [6, 6.07) is 7.87. The number of carbonyl (C=O) groups excluding carboxylic acids is 2. The van der Waals surface area contributed by atoms with Gasteiger partial charge in [0.25, 0.3) is 0 Å². The van der Waals surface area contributed by atoms with Crippen LogP contribution in [0, 0.1) is 5.92 Å². The van der Waals surface area contributed by atoms with Crippen LogP contribution in [0.4, 0.5) is 5.69 Å². The van der Waals surface area contributed by atoms with Gasteiger partial charge in [-0.15, -0.1) is 0 Å². The highest BCUT2D eigenvalue weighted by Gasteiger charge is 2.31. The number of amides is 2. The van der Waals surface area contributed by atoms with Crippen molar-refractivity contribution in [3.8, 4) is 0 Å². The van der Waals surface area contributed by atoms with Crippen molar-refractivity contribution in [1.82, 2.24) is 5.32 Å². The number of anilines is 1. The highest BCUT2D eigenvalue weighted by molar-refractivity contribution is 6.16. The molecule has 0 spiro atoms. The zero-order valence-electron chi connectivity index (χ0n) is 12.3. The van der Waals surface area contributed by atoms with Gasteiger partial charge in [0.2, 0.25) is 11.8 Å². The predicted molar refractivity (Wildman–Crippen MR) is 79.4 cm³/mol. The molecule has 0 saturated carbocycles. The van der Waals surface area contributed by atoms with E-state index in [1.807, 2.05) is 31.2 Å². The normalized spacial score (nSPS) is 18.4. The van der Waals surface area contributed by atoms with Crippen molar-refractivity contribution >= 4 is 17.5 Å². The molecule has 1 heterocycles. The maximum absolute atomic E-state index is 12.1. The molecule has 1 aromatic rings. The second kappa shape index (κ2) is 6.18. The third kappa shape index (κ3) is 3.07. The molecule has 2 rings (SSSR count). The van der Waals surface area contributed by atoms with Crippen LogP contribution >= 0.6 is 0 Å². The van der Waals surface area contributed by atoms with E-state index in [1.165, 1.54) is 4.90 Å². The van der Waals surface area contributed by atoms with Crippen LogP contribution in [0.25, 0.3) is 0 Å². The molecule has 4 heteroatoms. The number of piperidine rings is 1. The number of nitrogens with zero attached hydrogens (tertiary/aromatic N) is 1. The first-order valence-electron chi connectivity index (χ1n) is 7.22. The zero-order chi connectivity index (χ0) is 14.7. The Morgan fingerprint density at radius 2 is 1.95 bits per heavy atom. The molecule has 1 saturated heterocycles. The van der Waals surface area contributed by atoms with Crippen molar-refractivity contribution in [2.24, 2.45) is 5.92 Å².